The molecule has 0 aliphatic heterocycles. The summed E-state index contributed by atoms with van der Waals surface area (Å²) >= 11 is 0. The second-order valence-corrected chi connectivity index (χ2v) is 7.44. The normalized spacial score (nSPS) is 12.7. The van der Waals surface area contributed by atoms with Crippen LogP contribution in [-0.4, -0.2) is 29.2 Å². The van der Waals surface area contributed by atoms with E-state index in [2.05, 4.69) is 39.0 Å². The molecule has 1 aromatic carbocycles. The summed E-state index contributed by atoms with van der Waals surface area (Å²) in [6.07, 6.45) is 3.85. The van der Waals surface area contributed by atoms with Crippen molar-refractivity contribution in [3.8, 4) is 5.75 Å². The fourth-order valence-electron chi connectivity index (χ4n) is 3.24. The molecule has 2 N–H and O–H groups in total. The molecule has 1 atom stereocenters. The van der Waals surface area contributed by atoms with E-state index >= 15 is 0 Å². The number of para-hydroxylation sites is 1. The molecule has 2 aromatic heterocycles. The SMILES string of the molecule is CCOc1cccc2cc(C(C)NC(=NC)NCc3nccn3CC(C)C)oc12.I. The highest BCUT2D eigenvalue weighted by Gasteiger charge is 2.16. The first-order chi connectivity index (χ1) is 14.0. The fraction of sp³-hybridized carbons (Fsp3) is 0.455. The van der Waals surface area contributed by atoms with Crippen molar-refractivity contribution in [1.82, 2.24) is 20.2 Å². The molecule has 0 bridgehead atoms. The molecule has 8 heteroatoms. The van der Waals surface area contributed by atoms with Crippen LogP contribution in [0.5, 0.6) is 5.75 Å². The maximum absolute atomic E-state index is 6.09. The molecule has 0 aliphatic rings. The summed E-state index contributed by atoms with van der Waals surface area (Å²) in [5, 5.41) is 7.75. The number of hydrogen-bond donors (Lipinski definition) is 2. The van der Waals surface area contributed by atoms with E-state index < -0.39 is 0 Å². The smallest absolute Gasteiger partial charge is 0.191 e. The average Bonchev–Trinajstić information content (AvgIpc) is 3.32. The summed E-state index contributed by atoms with van der Waals surface area (Å²) in [6.45, 7) is 10.6. The number of ether oxygens (including phenoxy) is 1. The van der Waals surface area contributed by atoms with Crippen molar-refractivity contribution in [3.63, 3.8) is 0 Å². The van der Waals surface area contributed by atoms with Gasteiger partial charge < -0.3 is 24.4 Å². The van der Waals surface area contributed by atoms with Gasteiger partial charge in [-0.3, -0.25) is 4.99 Å². The third kappa shape index (κ3) is 5.90. The Hall–Kier alpha value is -2.23. The summed E-state index contributed by atoms with van der Waals surface area (Å²) in [4.78, 5) is 8.79. The zero-order chi connectivity index (χ0) is 20.8. The van der Waals surface area contributed by atoms with Crippen molar-refractivity contribution in [2.24, 2.45) is 10.9 Å². The molecule has 30 heavy (non-hydrogen) atoms. The van der Waals surface area contributed by atoms with Gasteiger partial charge >= 0.3 is 0 Å². The summed E-state index contributed by atoms with van der Waals surface area (Å²) in [7, 11) is 1.76. The quantitative estimate of drug-likeness (QED) is 0.253. The standard InChI is InChI=1S/C22H31N5O2.HI/c1-6-28-18-9-7-8-17-12-19(29-21(17)18)16(4)26-22(23-5)25-13-20-24-10-11-27(20)14-15(2)3;/h7-12,15-16H,6,13-14H2,1-5H3,(H2,23,25,26);1H. The summed E-state index contributed by atoms with van der Waals surface area (Å²) in [5.74, 6) is 3.84. The van der Waals surface area contributed by atoms with Gasteiger partial charge in [-0.2, -0.15) is 0 Å². The maximum Gasteiger partial charge on any atom is 0.191 e. The lowest BCUT2D eigenvalue weighted by Gasteiger charge is -2.17. The van der Waals surface area contributed by atoms with Crippen LogP contribution >= 0.6 is 24.0 Å². The monoisotopic (exact) mass is 525 g/mol. The lowest BCUT2D eigenvalue weighted by Crippen LogP contribution is -2.38. The van der Waals surface area contributed by atoms with E-state index in [4.69, 9.17) is 9.15 Å². The number of furan rings is 1. The number of imidazole rings is 1. The van der Waals surface area contributed by atoms with E-state index in [9.17, 15) is 0 Å². The second-order valence-electron chi connectivity index (χ2n) is 7.44. The van der Waals surface area contributed by atoms with Gasteiger partial charge in [0.2, 0.25) is 0 Å². The van der Waals surface area contributed by atoms with Crippen LogP contribution in [0.25, 0.3) is 11.0 Å². The minimum atomic E-state index is -0.0570. The summed E-state index contributed by atoms with van der Waals surface area (Å²) < 4.78 is 13.9. The van der Waals surface area contributed by atoms with Crippen molar-refractivity contribution in [2.75, 3.05) is 13.7 Å². The van der Waals surface area contributed by atoms with E-state index in [1.54, 1.807) is 7.05 Å². The number of halogens is 1. The topological polar surface area (TPSA) is 76.6 Å². The molecule has 7 nitrogen and oxygen atoms in total. The number of aliphatic imine (C=N–C) groups is 1. The van der Waals surface area contributed by atoms with Crippen LogP contribution in [0, 0.1) is 5.92 Å². The third-order valence-electron chi connectivity index (χ3n) is 4.61. The van der Waals surface area contributed by atoms with Crippen LogP contribution < -0.4 is 15.4 Å². The molecule has 0 saturated carbocycles. The Morgan fingerprint density at radius 1 is 1.30 bits per heavy atom. The van der Waals surface area contributed by atoms with Gasteiger partial charge in [0.15, 0.2) is 17.3 Å². The highest BCUT2D eigenvalue weighted by Crippen LogP contribution is 2.31. The second kappa shape index (κ2) is 11.2. The van der Waals surface area contributed by atoms with E-state index in [0.29, 0.717) is 25.0 Å². The summed E-state index contributed by atoms with van der Waals surface area (Å²) in [6, 6.07) is 7.91. The van der Waals surface area contributed by atoms with E-state index in [1.807, 2.05) is 50.5 Å². The highest BCUT2D eigenvalue weighted by molar-refractivity contribution is 14.0. The zero-order valence-corrected chi connectivity index (χ0v) is 20.6. The highest BCUT2D eigenvalue weighted by atomic mass is 127. The van der Waals surface area contributed by atoms with Crippen molar-refractivity contribution in [3.05, 3.63) is 48.2 Å². The molecule has 0 radical (unpaired) electrons. The van der Waals surface area contributed by atoms with Gasteiger partial charge in [-0.15, -0.1) is 24.0 Å². The molecule has 2 heterocycles. The van der Waals surface area contributed by atoms with Crippen LogP contribution in [0.1, 0.15) is 45.3 Å². The van der Waals surface area contributed by atoms with Crippen molar-refractivity contribution in [2.45, 2.75) is 46.8 Å². The average molecular weight is 525 g/mol. The lowest BCUT2D eigenvalue weighted by molar-refractivity contribution is 0.336. The Labute approximate surface area is 195 Å². The van der Waals surface area contributed by atoms with Gasteiger partial charge in [0.25, 0.3) is 0 Å². The van der Waals surface area contributed by atoms with Crippen LogP contribution in [-0.2, 0) is 13.1 Å². The molecule has 164 valence electrons. The molecule has 1 unspecified atom stereocenters. The fourth-order valence-corrected chi connectivity index (χ4v) is 3.24. The molecule has 0 spiro atoms. The zero-order valence-electron chi connectivity index (χ0n) is 18.3. The molecular weight excluding hydrogens is 493 g/mol. The van der Waals surface area contributed by atoms with Gasteiger partial charge in [-0.1, -0.05) is 26.0 Å². The number of rotatable bonds is 8. The first kappa shape index (κ1) is 24.0. The molecule has 3 aromatic rings. The van der Waals surface area contributed by atoms with Crippen molar-refractivity contribution in [1.29, 1.82) is 0 Å². The van der Waals surface area contributed by atoms with Gasteiger partial charge in [-0.05, 0) is 31.9 Å². The Balaban J connectivity index is 0.00000320. The number of hydrogen-bond acceptors (Lipinski definition) is 4. The Morgan fingerprint density at radius 3 is 2.80 bits per heavy atom. The van der Waals surface area contributed by atoms with Gasteiger partial charge in [-0.25, -0.2) is 4.98 Å². The molecule has 3 rings (SSSR count). The molecule has 0 amide bonds. The lowest BCUT2D eigenvalue weighted by atomic mass is 10.2. The van der Waals surface area contributed by atoms with Crippen molar-refractivity contribution < 1.29 is 9.15 Å². The predicted molar refractivity (Wildman–Crippen MR) is 132 cm³/mol. The summed E-state index contributed by atoms with van der Waals surface area (Å²) in [5.41, 5.74) is 0.775. The number of guanidine groups is 1. The van der Waals surface area contributed by atoms with Crippen LogP contribution in [0.3, 0.4) is 0 Å². The Kier molecular flexibility index (Phi) is 9.01. The Bertz CT molecular complexity index is 964. The molecule has 0 aliphatic carbocycles. The first-order valence-corrected chi connectivity index (χ1v) is 10.1. The van der Waals surface area contributed by atoms with Crippen LogP contribution in [0.2, 0.25) is 0 Å². The Morgan fingerprint density at radius 2 is 2.10 bits per heavy atom. The minimum Gasteiger partial charge on any atom is -0.490 e. The first-order valence-electron chi connectivity index (χ1n) is 10.1. The molecule has 0 fully saturated rings. The number of fused-ring (bicyclic) bond motifs is 1. The van der Waals surface area contributed by atoms with Gasteiger partial charge in [0, 0.05) is 31.4 Å². The number of nitrogens with zero attached hydrogens (tertiary/aromatic N) is 3. The number of nitrogens with one attached hydrogen (secondary N) is 2. The van der Waals surface area contributed by atoms with Crippen LogP contribution in [0.4, 0.5) is 0 Å². The minimum absolute atomic E-state index is 0. The molecule has 0 saturated heterocycles. The van der Waals surface area contributed by atoms with E-state index in [0.717, 1.165) is 34.8 Å². The van der Waals surface area contributed by atoms with Gasteiger partial charge in [0.1, 0.15) is 11.6 Å². The number of aromatic nitrogens is 2. The van der Waals surface area contributed by atoms with E-state index in [-0.39, 0.29) is 30.0 Å². The predicted octanol–water partition coefficient (Wildman–Crippen LogP) is 4.73. The largest absolute Gasteiger partial charge is 0.490 e. The number of benzene rings is 1. The van der Waals surface area contributed by atoms with Crippen molar-refractivity contribution >= 4 is 40.9 Å². The maximum atomic E-state index is 6.09. The van der Waals surface area contributed by atoms with Crippen LogP contribution in [0.15, 0.2) is 46.1 Å². The van der Waals surface area contributed by atoms with E-state index in [1.165, 1.54) is 0 Å². The van der Waals surface area contributed by atoms with Gasteiger partial charge in [0.05, 0.1) is 19.2 Å². The molecular formula is C22H32IN5O2. The third-order valence-corrected chi connectivity index (χ3v) is 4.61.